The molecule has 0 aliphatic heterocycles. The Morgan fingerprint density at radius 1 is 0.253 bits per heavy atom. The maximum Gasteiger partial charge on any atom is 0.212 e. The minimum Gasteiger partial charge on any atom is -0.201 e. The monoisotopic (exact) mass is 1230 g/mol. The minimum atomic E-state index is 0.284. The van der Waals surface area contributed by atoms with Crippen LogP contribution in [0.5, 0.6) is 0 Å². The van der Waals surface area contributed by atoms with Gasteiger partial charge in [-0.2, -0.15) is 0 Å². The number of pyridine rings is 4. The molecule has 0 spiro atoms. The van der Waals surface area contributed by atoms with Crippen molar-refractivity contribution < 1.29 is 18.3 Å². The Balaban J connectivity index is 0.000000221. The molecule has 0 amide bonds. The van der Waals surface area contributed by atoms with Crippen LogP contribution >= 0.6 is 0 Å². The van der Waals surface area contributed by atoms with Crippen molar-refractivity contribution in [3.05, 3.63) is 210 Å². The van der Waals surface area contributed by atoms with Gasteiger partial charge < -0.3 is 0 Å². The molecule has 8 aromatic rings. The molecule has 490 valence electrons. The lowest BCUT2D eigenvalue weighted by Crippen LogP contribution is -2.33. The third-order valence-corrected chi connectivity index (χ3v) is 17.5. The highest BCUT2D eigenvalue weighted by Gasteiger charge is 2.27. The number of nitrogens with zero attached hydrogens (tertiary/aromatic N) is 4. The van der Waals surface area contributed by atoms with Gasteiger partial charge >= 0.3 is 0 Å². The van der Waals surface area contributed by atoms with Gasteiger partial charge in [-0.15, -0.1) is 0 Å². The fourth-order valence-electron chi connectivity index (χ4n) is 12.9. The van der Waals surface area contributed by atoms with Crippen molar-refractivity contribution in [2.24, 2.45) is 55.3 Å². The Hall–Kier alpha value is -6.52. The van der Waals surface area contributed by atoms with Gasteiger partial charge in [0.2, 0.25) is 22.8 Å². The van der Waals surface area contributed by atoms with Crippen LogP contribution in [0.3, 0.4) is 0 Å². The zero-order valence-corrected chi connectivity index (χ0v) is 63.7. The summed E-state index contributed by atoms with van der Waals surface area (Å²) < 4.78 is 9.16. The molecule has 0 bridgehead atoms. The lowest BCUT2D eigenvalue weighted by atomic mass is 9.81. The smallest absolute Gasteiger partial charge is 0.201 e. The third-order valence-electron chi connectivity index (χ3n) is 17.5. The van der Waals surface area contributed by atoms with E-state index < -0.39 is 0 Å². The molecule has 0 unspecified atom stereocenters. The lowest BCUT2D eigenvalue weighted by Gasteiger charge is -2.24. The molecule has 8 rings (SSSR count). The van der Waals surface area contributed by atoms with Gasteiger partial charge in [0.1, 0.15) is 28.2 Å². The van der Waals surface area contributed by atoms with Crippen LogP contribution in [0.1, 0.15) is 212 Å². The molecule has 0 saturated heterocycles. The van der Waals surface area contributed by atoms with Gasteiger partial charge in [-0.25, -0.2) is 18.3 Å². The second kappa shape index (κ2) is 30.5. The lowest BCUT2D eigenvalue weighted by molar-refractivity contribution is -0.661. The number of hydrogen-bond donors (Lipinski definition) is 0. The first-order valence-corrected chi connectivity index (χ1v) is 34.2. The summed E-state index contributed by atoms with van der Waals surface area (Å²) in [6, 6.07) is 34.5. The summed E-state index contributed by atoms with van der Waals surface area (Å²) in [4.78, 5) is 0. The van der Waals surface area contributed by atoms with Gasteiger partial charge in [0, 0.05) is 68.8 Å². The van der Waals surface area contributed by atoms with Gasteiger partial charge in [0.05, 0.1) is 0 Å². The van der Waals surface area contributed by atoms with Crippen molar-refractivity contribution in [2.75, 3.05) is 0 Å². The SMILES string of the molecule is CCc1cc(-c2ccc(C)cc2C)[n+](C)cc1CC(C)(C)C.CCc1ccc(-c2cc(C)c(CC(C)(C)C)c[n+]2C)c(C)c1.Cc1cc(C)c(-c2cc(C)c(CC(C)(C)C)c[n+]2C)cc1C.Cc1ccc(-c2cc(CC(C)(C)C)c(CC(C)(C)C)c[n+]2C)c(C)c1. The summed E-state index contributed by atoms with van der Waals surface area (Å²) in [5, 5.41) is 0. The Morgan fingerprint density at radius 3 is 0.912 bits per heavy atom. The quantitative estimate of drug-likeness (QED) is 0.115. The summed E-state index contributed by atoms with van der Waals surface area (Å²) in [5.41, 5.74) is 35.9. The Bertz CT molecular complexity index is 3800. The number of aryl methyl sites for hydroxylation is 16. The molecule has 4 heterocycles. The van der Waals surface area contributed by atoms with E-state index in [0.717, 1.165) is 44.9 Å². The van der Waals surface area contributed by atoms with Crippen molar-refractivity contribution >= 4 is 0 Å². The van der Waals surface area contributed by atoms with Crippen LogP contribution in [-0.2, 0) is 73.1 Å². The van der Waals surface area contributed by atoms with E-state index in [0.29, 0.717) is 21.7 Å². The number of hydrogen-bond acceptors (Lipinski definition) is 0. The molecule has 0 saturated carbocycles. The van der Waals surface area contributed by atoms with Gasteiger partial charge in [0.15, 0.2) is 24.8 Å². The van der Waals surface area contributed by atoms with E-state index in [9.17, 15) is 0 Å². The van der Waals surface area contributed by atoms with Crippen LogP contribution in [0.4, 0.5) is 0 Å². The van der Waals surface area contributed by atoms with Crippen LogP contribution in [0.15, 0.2) is 116 Å². The van der Waals surface area contributed by atoms with E-state index in [1.807, 2.05) is 0 Å². The first kappa shape index (κ1) is 75.2. The molecule has 0 fully saturated rings. The van der Waals surface area contributed by atoms with Crippen molar-refractivity contribution in [1.82, 2.24) is 0 Å². The molecule has 0 aliphatic rings. The van der Waals surface area contributed by atoms with Crippen LogP contribution < -0.4 is 18.3 Å². The predicted octanol–water partition coefficient (Wildman–Crippen LogP) is 20.9. The normalized spacial score (nSPS) is 12.0. The highest BCUT2D eigenvalue weighted by atomic mass is 14.9. The fourth-order valence-corrected chi connectivity index (χ4v) is 12.9. The van der Waals surface area contributed by atoms with Crippen molar-refractivity contribution in [2.45, 2.75) is 232 Å². The summed E-state index contributed by atoms with van der Waals surface area (Å²) in [6.45, 7) is 61.2. The van der Waals surface area contributed by atoms with E-state index >= 15 is 0 Å². The number of aromatic nitrogens is 4. The standard InChI is InChI=1S/C24H36N.3C21H30N/c1-17-10-11-21(18(2)12-17)22-13-19(14-23(3,4)5)20(16-25(22)9)15-24(6,7)8;1-14-9-17(4)19(10-15(14)2)20-11-16(3)18(13-22(20)8)12-21(5,6)7;1-8-17-9-10-19(16(3)11-17)20-12-15(2)18(14-22(20)7)13-21(4,5)6;1-8-17-12-20(19-10-9-15(2)11-16(19)3)22(7)14-18(17)13-21(4,5)6/h10-13,16H,14-15H2,1-9H3;9-11,13H,12H2,1-8H3;2*9-12,14H,8,13H2,1-7H3/q4*+1. The maximum atomic E-state index is 2.43. The van der Waals surface area contributed by atoms with Crippen molar-refractivity contribution in [3.8, 4) is 45.0 Å². The number of rotatable bonds is 11. The maximum absolute atomic E-state index is 2.43. The average Bonchev–Trinajstić information content (AvgIpc) is 0.878. The average molecular weight is 1230 g/mol. The molecular formula is C87H126N4+4. The van der Waals surface area contributed by atoms with Gasteiger partial charge in [-0.3, -0.25) is 0 Å². The van der Waals surface area contributed by atoms with Crippen LogP contribution in [0, 0.1) is 96.3 Å². The van der Waals surface area contributed by atoms with E-state index in [4.69, 9.17) is 0 Å². The molecular weight excluding hydrogens is 1100 g/mol. The summed E-state index contributed by atoms with van der Waals surface area (Å²) >= 11 is 0. The van der Waals surface area contributed by atoms with E-state index in [-0.39, 0.29) is 5.41 Å². The number of benzene rings is 4. The zero-order valence-electron chi connectivity index (χ0n) is 63.7. The zero-order chi connectivity index (χ0) is 68.6. The van der Waals surface area contributed by atoms with Gasteiger partial charge in [-0.05, 0) is 227 Å². The van der Waals surface area contributed by atoms with Crippen LogP contribution in [0.25, 0.3) is 45.0 Å². The molecule has 4 aromatic carbocycles. The van der Waals surface area contributed by atoms with Gasteiger partial charge in [0.25, 0.3) is 0 Å². The van der Waals surface area contributed by atoms with E-state index in [1.54, 1.807) is 0 Å². The van der Waals surface area contributed by atoms with E-state index in [1.165, 1.54) is 140 Å². The second-order valence-corrected chi connectivity index (χ2v) is 33.5. The fraction of sp³-hybridized carbons (Fsp3) is 0.494. The molecule has 0 radical (unpaired) electrons. The third kappa shape index (κ3) is 22.3. The minimum absolute atomic E-state index is 0.284. The largest absolute Gasteiger partial charge is 0.212 e. The van der Waals surface area contributed by atoms with Crippen molar-refractivity contribution in [1.29, 1.82) is 0 Å². The molecule has 0 atom stereocenters. The highest BCUT2D eigenvalue weighted by molar-refractivity contribution is 5.66. The van der Waals surface area contributed by atoms with Gasteiger partial charge in [-0.1, -0.05) is 171 Å². The first-order chi connectivity index (χ1) is 41.9. The molecule has 91 heavy (non-hydrogen) atoms. The summed E-state index contributed by atoms with van der Waals surface area (Å²) in [7, 11) is 8.67. The molecule has 4 aromatic heterocycles. The van der Waals surface area contributed by atoms with Crippen LogP contribution in [0.2, 0.25) is 0 Å². The predicted molar refractivity (Wildman–Crippen MR) is 394 cm³/mol. The Kier molecular flexibility index (Phi) is 25.2. The summed E-state index contributed by atoms with van der Waals surface area (Å²) in [6.07, 6.45) is 17.1. The topological polar surface area (TPSA) is 15.5 Å². The molecule has 4 nitrogen and oxygen atoms in total. The second-order valence-electron chi connectivity index (χ2n) is 33.5. The van der Waals surface area contributed by atoms with E-state index in [2.05, 4.69) is 349 Å². The molecule has 0 N–H and O–H groups in total. The Morgan fingerprint density at radius 2 is 0.549 bits per heavy atom. The first-order valence-electron chi connectivity index (χ1n) is 34.2. The molecule has 4 heteroatoms. The van der Waals surface area contributed by atoms with Crippen molar-refractivity contribution in [3.63, 3.8) is 0 Å². The molecule has 0 aliphatic carbocycles. The Labute approximate surface area is 557 Å². The highest BCUT2D eigenvalue weighted by Crippen LogP contribution is 2.34. The van der Waals surface area contributed by atoms with Crippen LogP contribution in [-0.4, -0.2) is 0 Å². The summed E-state index contributed by atoms with van der Waals surface area (Å²) in [5.74, 6) is 0.